The lowest BCUT2D eigenvalue weighted by atomic mass is 10.3. The zero-order chi connectivity index (χ0) is 16.9. The number of aromatic nitrogens is 3. The first-order valence-corrected chi connectivity index (χ1v) is 9.22. The number of nitrogens with zero attached hydrogens (tertiary/aromatic N) is 6. The van der Waals surface area contributed by atoms with Gasteiger partial charge in [-0.05, 0) is 26.3 Å². The van der Waals surface area contributed by atoms with Crippen LogP contribution in [0.25, 0.3) is 0 Å². The molecule has 2 aromatic rings. The van der Waals surface area contributed by atoms with Crippen LogP contribution in [-0.4, -0.2) is 58.3 Å². The maximum absolute atomic E-state index is 6.15. The molecule has 2 aromatic heterocycles. The number of nitrogens with two attached hydrogens (primary N) is 1. The summed E-state index contributed by atoms with van der Waals surface area (Å²) in [4.78, 5) is 13.4. The van der Waals surface area contributed by atoms with Crippen LogP contribution in [0.4, 0.5) is 5.13 Å². The van der Waals surface area contributed by atoms with E-state index in [4.69, 9.17) is 5.73 Å². The van der Waals surface area contributed by atoms with Gasteiger partial charge in [-0.3, -0.25) is 9.67 Å². The first-order valence-electron chi connectivity index (χ1n) is 8.34. The topological polar surface area (TPSA) is 75.6 Å². The number of piperazine rings is 1. The molecule has 8 heteroatoms. The molecule has 130 valence electrons. The van der Waals surface area contributed by atoms with Crippen molar-refractivity contribution in [3.05, 3.63) is 29.0 Å². The molecule has 1 aliphatic heterocycles. The van der Waals surface area contributed by atoms with Crippen molar-refractivity contribution >= 4 is 22.4 Å². The highest BCUT2D eigenvalue weighted by molar-refractivity contribution is 7.13. The van der Waals surface area contributed by atoms with Crippen molar-refractivity contribution in [1.29, 1.82) is 0 Å². The lowest BCUT2D eigenvalue weighted by Gasteiger charge is -2.35. The second-order valence-electron chi connectivity index (χ2n) is 6.03. The third kappa shape index (κ3) is 4.05. The summed E-state index contributed by atoms with van der Waals surface area (Å²) >= 11 is 1.68. The lowest BCUT2D eigenvalue weighted by molar-refractivity contribution is 0.380. The standard InChI is InChI=1S/C16H25N7S/c1-13-12-14(2)23(20-13)6-3-4-18-15(17)21-7-9-22(10-8-21)16-19-5-11-24-16/h5,11-12H,3-4,6-10H2,1-2H3,(H2,17,18). The molecule has 3 heterocycles. The Kier molecular flexibility index (Phi) is 5.34. The number of guanidine groups is 1. The van der Waals surface area contributed by atoms with Crippen LogP contribution in [0.5, 0.6) is 0 Å². The Bertz CT molecular complexity index is 669. The molecule has 3 rings (SSSR count). The molecular weight excluding hydrogens is 322 g/mol. The van der Waals surface area contributed by atoms with Gasteiger partial charge in [0.05, 0.1) is 5.69 Å². The fourth-order valence-electron chi connectivity index (χ4n) is 2.91. The molecule has 0 spiro atoms. The van der Waals surface area contributed by atoms with Crippen LogP contribution in [0, 0.1) is 13.8 Å². The van der Waals surface area contributed by atoms with Crippen molar-refractivity contribution in [2.45, 2.75) is 26.8 Å². The van der Waals surface area contributed by atoms with Gasteiger partial charge in [0.15, 0.2) is 11.1 Å². The van der Waals surface area contributed by atoms with Crippen molar-refractivity contribution < 1.29 is 0 Å². The molecule has 0 aromatic carbocycles. The maximum Gasteiger partial charge on any atom is 0.191 e. The van der Waals surface area contributed by atoms with Gasteiger partial charge < -0.3 is 15.5 Å². The van der Waals surface area contributed by atoms with E-state index >= 15 is 0 Å². The molecule has 1 aliphatic rings. The van der Waals surface area contributed by atoms with Gasteiger partial charge in [0.1, 0.15) is 0 Å². The Morgan fingerprint density at radius 2 is 2.08 bits per heavy atom. The molecule has 24 heavy (non-hydrogen) atoms. The Morgan fingerprint density at radius 1 is 1.29 bits per heavy atom. The highest BCUT2D eigenvalue weighted by atomic mass is 32.1. The summed E-state index contributed by atoms with van der Waals surface area (Å²) in [5.41, 5.74) is 8.41. The number of anilines is 1. The molecule has 1 saturated heterocycles. The second-order valence-corrected chi connectivity index (χ2v) is 6.91. The van der Waals surface area contributed by atoms with Crippen molar-refractivity contribution in [3.8, 4) is 0 Å². The van der Waals surface area contributed by atoms with E-state index in [0.29, 0.717) is 5.96 Å². The minimum absolute atomic E-state index is 0.655. The summed E-state index contributed by atoms with van der Waals surface area (Å²) in [5, 5.41) is 7.57. The smallest absolute Gasteiger partial charge is 0.191 e. The van der Waals surface area contributed by atoms with Gasteiger partial charge in [-0.15, -0.1) is 11.3 Å². The predicted octanol–water partition coefficient (Wildman–Crippen LogP) is 1.48. The summed E-state index contributed by atoms with van der Waals surface area (Å²) in [6.45, 7) is 9.39. The van der Waals surface area contributed by atoms with Crippen LogP contribution in [-0.2, 0) is 6.54 Å². The van der Waals surface area contributed by atoms with Gasteiger partial charge in [-0.2, -0.15) is 5.10 Å². The summed E-state index contributed by atoms with van der Waals surface area (Å²) in [7, 11) is 0. The van der Waals surface area contributed by atoms with E-state index in [-0.39, 0.29) is 0 Å². The van der Waals surface area contributed by atoms with Crippen LogP contribution >= 0.6 is 11.3 Å². The van der Waals surface area contributed by atoms with E-state index in [1.807, 2.05) is 23.2 Å². The Morgan fingerprint density at radius 3 is 2.71 bits per heavy atom. The summed E-state index contributed by atoms with van der Waals surface area (Å²) < 4.78 is 2.04. The summed E-state index contributed by atoms with van der Waals surface area (Å²) in [6, 6.07) is 2.10. The zero-order valence-corrected chi connectivity index (χ0v) is 15.2. The molecule has 1 fully saturated rings. The van der Waals surface area contributed by atoms with Crippen molar-refractivity contribution in [2.75, 3.05) is 37.6 Å². The molecule has 2 N–H and O–H groups in total. The van der Waals surface area contributed by atoms with Crippen molar-refractivity contribution in [1.82, 2.24) is 19.7 Å². The molecule has 7 nitrogen and oxygen atoms in total. The largest absolute Gasteiger partial charge is 0.370 e. The monoisotopic (exact) mass is 347 g/mol. The van der Waals surface area contributed by atoms with Crippen molar-refractivity contribution in [2.24, 2.45) is 10.7 Å². The fourth-order valence-corrected chi connectivity index (χ4v) is 3.61. The summed E-state index contributed by atoms with van der Waals surface area (Å²) in [5.74, 6) is 0.655. The van der Waals surface area contributed by atoms with Gasteiger partial charge in [-0.1, -0.05) is 0 Å². The minimum Gasteiger partial charge on any atom is -0.370 e. The molecule has 0 amide bonds. The first-order chi connectivity index (χ1) is 11.6. The predicted molar refractivity (Wildman–Crippen MR) is 98.7 cm³/mol. The van der Waals surface area contributed by atoms with Gasteiger partial charge in [0.2, 0.25) is 0 Å². The Balaban J connectivity index is 1.42. The van der Waals surface area contributed by atoms with Gasteiger partial charge in [0, 0.05) is 56.5 Å². The Hall–Kier alpha value is -2.09. The van der Waals surface area contributed by atoms with Gasteiger partial charge >= 0.3 is 0 Å². The zero-order valence-electron chi connectivity index (χ0n) is 14.4. The van der Waals surface area contributed by atoms with E-state index in [1.165, 1.54) is 5.69 Å². The fraction of sp³-hybridized carbons (Fsp3) is 0.562. The van der Waals surface area contributed by atoms with Crippen LogP contribution in [0.15, 0.2) is 22.6 Å². The van der Waals surface area contributed by atoms with Crippen LogP contribution in [0.2, 0.25) is 0 Å². The highest BCUT2D eigenvalue weighted by Gasteiger charge is 2.19. The molecule has 0 saturated carbocycles. The summed E-state index contributed by atoms with van der Waals surface area (Å²) in [6.07, 6.45) is 2.80. The normalized spacial score (nSPS) is 16.0. The van der Waals surface area contributed by atoms with Crippen LogP contribution in [0.3, 0.4) is 0 Å². The van der Waals surface area contributed by atoms with E-state index in [0.717, 1.165) is 56.5 Å². The maximum atomic E-state index is 6.15. The molecular formula is C16H25N7S. The lowest BCUT2D eigenvalue weighted by Crippen LogP contribution is -2.51. The number of hydrogen-bond acceptors (Lipinski definition) is 5. The second kappa shape index (κ2) is 7.65. The average Bonchev–Trinajstić information content (AvgIpc) is 3.21. The third-order valence-corrected chi connectivity index (χ3v) is 5.03. The van der Waals surface area contributed by atoms with Gasteiger partial charge in [-0.25, -0.2) is 4.98 Å². The number of rotatable bonds is 5. The molecule has 0 aliphatic carbocycles. The number of aryl methyl sites for hydroxylation is 3. The SMILES string of the molecule is Cc1cc(C)n(CCCN=C(N)N2CCN(c3nccs3)CC2)n1. The van der Waals surface area contributed by atoms with Crippen molar-refractivity contribution in [3.63, 3.8) is 0 Å². The molecule has 0 bridgehead atoms. The number of hydrogen-bond donors (Lipinski definition) is 1. The van der Waals surface area contributed by atoms with E-state index in [2.05, 4.69) is 37.9 Å². The highest BCUT2D eigenvalue weighted by Crippen LogP contribution is 2.18. The molecule has 0 atom stereocenters. The average molecular weight is 347 g/mol. The quantitative estimate of drug-likeness (QED) is 0.504. The molecule has 0 radical (unpaired) electrons. The van der Waals surface area contributed by atoms with E-state index in [9.17, 15) is 0 Å². The number of aliphatic imine (C=N–C) groups is 1. The minimum atomic E-state index is 0.655. The Labute approximate surface area is 146 Å². The van der Waals surface area contributed by atoms with Crippen LogP contribution in [0.1, 0.15) is 17.8 Å². The van der Waals surface area contributed by atoms with Gasteiger partial charge in [0.25, 0.3) is 0 Å². The van der Waals surface area contributed by atoms with E-state index < -0.39 is 0 Å². The first kappa shape index (κ1) is 16.8. The third-order valence-electron chi connectivity index (χ3n) is 4.20. The molecule has 0 unspecified atom stereocenters. The number of thiazole rings is 1. The van der Waals surface area contributed by atoms with E-state index in [1.54, 1.807) is 11.3 Å². The van der Waals surface area contributed by atoms with Crippen LogP contribution < -0.4 is 10.6 Å².